The predicted octanol–water partition coefficient (Wildman–Crippen LogP) is 5.31. The summed E-state index contributed by atoms with van der Waals surface area (Å²) in [5.41, 5.74) is 2.53. The molecule has 0 saturated heterocycles. The lowest BCUT2D eigenvalue weighted by molar-refractivity contribution is 0.242. The molecule has 1 aromatic carbocycles. The standard InChI is InChI=1S/C21H28N4O/c1-16(2)26-19-10-8-18(9-11-19)24-20-13-15-23-21(25-20)22-14-12-17-6-4-3-5-7-17/h6,8-11,13,15-16H,3-5,7,12,14H2,1-2H3,(H2,22,23,24,25). The molecule has 0 radical (unpaired) electrons. The number of aromatic nitrogens is 2. The fourth-order valence-corrected chi connectivity index (χ4v) is 3.02. The highest BCUT2D eigenvalue weighted by molar-refractivity contribution is 5.57. The van der Waals surface area contributed by atoms with Crippen LogP contribution in [0.1, 0.15) is 46.0 Å². The lowest BCUT2D eigenvalue weighted by Gasteiger charge is -2.13. The number of nitrogens with zero attached hydrogens (tertiary/aromatic N) is 2. The molecule has 0 saturated carbocycles. The van der Waals surface area contributed by atoms with Crippen molar-refractivity contribution in [2.24, 2.45) is 0 Å². The monoisotopic (exact) mass is 352 g/mol. The molecule has 1 aliphatic rings. The molecule has 1 aromatic heterocycles. The first-order valence-electron chi connectivity index (χ1n) is 9.47. The highest BCUT2D eigenvalue weighted by Crippen LogP contribution is 2.21. The van der Waals surface area contributed by atoms with Gasteiger partial charge in [-0.25, -0.2) is 4.98 Å². The molecule has 0 unspecified atom stereocenters. The Morgan fingerprint density at radius 1 is 1.12 bits per heavy atom. The van der Waals surface area contributed by atoms with Crippen LogP contribution in [-0.4, -0.2) is 22.6 Å². The van der Waals surface area contributed by atoms with Crippen LogP contribution in [0.2, 0.25) is 0 Å². The van der Waals surface area contributed by atoms with E-state index in [-0.39, 0.29) is 6.10 Å². The Kier molecular flexibility index (Phi) is 6.47. The second-order valence-electron chi connectivity index (χ2n) is 6.87. The molecule has 0 amide bonds. The van der Waals surface area contributed by atoms with Crippen LogP contribution in [0.15, 0.2) is 48.2 Å². The van der Waals surface area contributed by atoms with Gasteiger partial charge in [0.2, 0.25) is 5.95 Å². The van der Waals surface area contributed by atoms with Crippen molar-refractivity contribution < 1.29 is 4.74 Å². The van der Waals surface area contributed by atoms with Crippen molar-refractivity contribution in [2.45, 2.75) is 52.1 Å². The highest BCUT2D eigenvalue weighted by atomic mass is 16.5. The summed E-state index contributed by atoms with van der Waals surface area (Å²) in [6, 6.07) is 9.76. The van der Waals surface area contributed by atoms with E-state index >= 15 is 0 Å². The Labute approximate surface area is 155 Å². The average Bonchev–Trinajstić information content (AvgIpc) is 2.64. The molecule has 2 aromatic rings. The normalized spacial score (nSPS) is 14.0. The van der Waals surface area contributed by atoms with Gasteiger partial charge in [0, 0.05) is 18.4 Å². The highest BCUT2D eigenvalue weighted by Gasteiger charge is 2.05. The third kappa shape index (κ3) is 5.76. The first-order chi connectivity index (χ1) is 12.7. The van der Waals surface area contributed by atoms with Gasteiger partial charge in [0.15, 0.2) is 0 Å². The maximum atomic E-state index is 5.66. The van der Waals surface area contributed by atoms with E-state index in [1.165, 1.54) is 25.7 Å². The minimum absolute atomic E-state index is 0.175. The number of hydrogen-bond acceptors (Lipinski definition) is 5. The smallest absolute Gasteiger partial charge is 0.224 e. The molecule has 1 heterocycles. The lowest BCUT2D eigenvalue weighted by Crippen LogP contribution is -2.08. The molecule has 0 spiro atoms. The van der Waals surface area contributed by atoms with E-state index in [0.717, 1.165) is 30.2 Å². The Balaban J connectivity index is 1.52. The maximum Gasteiger partial charge on any atom is 0.224 e. The molecule has 0 bridgehead atoms. The first-order valence-corrected chi connectivity index (χ1v) is 9.47. The molecule has 2 N–H and O–H groups in total. The Morgan fingerprint density at radius 3 is 2.69 bits per heavy atom. The van der Waals surface area contributed by atoms with E-state index in [2.05, 4.69) is 26.7 Å². The summed E-state index contributed by atoms with van der Waals surface area (Å²) in [4.78, 5) is 8.85. The van der Waals surface area contributed by atoms with Crippen LogP contribution in [0.4, 0.5) is 17.5 Å². The van der Waals surface area contributed by atoms with Gasteiger partial charge in [-0.2, -0.15) is 4.98 Å². The van der Waals surface area contributed by atoms with Crippen molar-refractivity contribution in [3.05, 3.63) is 48.2 Å². The van der Waals surface area contributed by atoms with Gasteiger partial charge < -0.3 is 15.4 Å². The zero-order valence-electron chi connectivity index (χ0n) is 15.7. The third-order valence-corrected chi connectivity index (χ3v) is 4.27. The topological polar surface area (TPSA) is 59.1 Å². The van der Waals surface area contributed by atoms with Crippen molar-refractivity contribution in [3.8, 4) is 5.75 Å². The van der Waals surface area contributed by atoms with Gasteiger partial charge in [-0.1, -0.05) is 11.6 Å². The first kappa shape index (κ1) is 18.2. The van der Waals surface area contributed by atoms with Crippen molar-refractivity contribution in [1.82, 2.24) is 9.97 Å². The third-order valence-electron chi connectivity index (χ3n) is 4.27. The minimum Gasteiger partial charge on any atom is -0.491 e. The number of nitrogens with one attached hydrogen (secondary N) is 2. The van der Waals surface area contributed by atoms with Crippen LogP contribution in [0, 0.1) is 0 Å². The van der Waals surface area contributed by atoms with Gasteiger partial charge in [-0.05, 0) is 76.3 Å². The maximum absolute atomic E-state index is 5.66. The minimum atomic E-state index is 0.175. The number of ether oxygens (including phenoxy) is 1. The van der Waals surface area contributed by atoms with Crippen molar-refractivity contribution in [2.75, 3.05) is 17.2 Å². The van der Waals surface area contributed by atoms with Crippen molar-refractivity contribution in [3.63, 3.8) is 0 Å². The van der Waals surface area contributed by atoms with E-state index in [4.69, 9.17) is 4.74 Å². The molecular weight excluding hydrogens is 324 g/mol. The largest absolute Gasteiger partial charge is 0.491 e. The molecule has 3 rings (SSSR count). The lowest BCUT2D eigenvalue weighted by atomic mass is 9.97. The summed E-state index contributed by atoms with van der Waals surface area (Å²) < 4.78 is 5.66. The van der Waals surface area contributed by atoms with Crippen LogP contribution in [0.5, 0.6) is 5.75 Å². The van der Waals surface area contributed by atoms with Crippen LogP contribution in [0.3, 0.4) is 0 Å². The summed E-state index contributed by atoms with van der Waals surface area (Å²) >= 11 is 0. The average molecular weight is 352 g/mol. The summed E-state index contributed by atoms with van der Waals surface area (Å²) in [5, 5.41) is 6.63. The number of allylic oxidation sites excluding steroid dienone is 1. The van der Waals surface area contributed by atoms with Crippen LogP contribution in [-0.2, 0) is 0 Å². The number of benzene rings is 1. The zero-order valence-corrected chi connectivity index (χ0v) is 15.7. The van der Waals surface area contributed by atoms with Crippen LogP contribution < -0.4 is 15.4 Å². The summed E-state index contributed by atoms with van der Waals surface area (Å²) in [5.74, 6) is 2.30. The molecule has 0 fully saturated rings. The Hall–Kier alpha value is -2.56. The second kappa shape index (κ2) is 9.22. The predicted molar refractivity (Wildman–Crippen MR) is 107 cm³/mol. The van der Waals surface area contributed by atoms with Crippen LogP contribution in [0.25, 0.3) is 0 Å². The molecule has 5 nitrogen and oxygen atoms in total. The summed E-state index contributed by atoms with van der Waals surface area (Å²) in [6.45, 7) is 4.91. The Morgan fingerprint density at radius 2 is 1.96 bits per heavy atom. The fourth-order valence-electron chi connectivity index (χ4n) is 3.02. The van der Waals surface area contributed by atoms with Gasteiger partial charge in [0.25, 0.3) is 0 Å². The second-order valence-corrected chi connectivity index (χ2v) is 6.87. The SMILES string of the molecule is CC(C)Oc1ccc(Nc2ccnc(NCCC3=CCCCC3)n2)cc1. The molecule has 26 heavy (non-hydrogen) atoms. The van der Waals surface area contributed by atoms with Crippen molar-refractivity contribution in [1.29, 1.82) is 0 Å². The van der Waals surface area contributed by atoms with Gasteiger partial charge in [-0.3, -0.25) is 0 Å². The summed E-state index contributed by atoms with van der Waals surface area (Å²) in [7, 11) is 0. The van der Waals surface area contributed by atoms with Crippen LogP contribution >= 0.6 is 0 Å². The van der Waals surface area contributed by atoms with Gasteiger partial charge >= 0.3 is 0 Å². The van der Waals surface area contributed by atoms with E-state index in [0.29, 0.717) is 5.95 Å². The number of rotatable bonds is 8. The van der Waals surface area contributed by atoms with Gasteiger partial charge in [-0.15, -0.1) is 0 Å². The van der Waals surface area contributed by atoms with Gasteiger partial charge in [0.05, 0.1) is 6.10 Å². The quantitative estimate of drug-likeness (QED) is 0.631. The fraction of sp³-hybridized carbons (Fsp3) is 0.429. The summed E-state index contributed by atoms with van der Waals surface area (Å²) in [6.07, 6.45) is 10.5. The molecular formula is C21H28N4O. The molecule has 0 aliphatic heterocycles. The molecule has 138 valence electrons. The number of anilines is 3. The van der Waals surface area contributed by atoms with E-state index in [1.54, 1.807) is 11.8 Å². The molecule has 1 aliphatic carbocycles. The Bertz CT molecular complexity index is 725. The van der Waals surface area contributed by atoms with E-state index < -0.39 is 0 Å². The molecule has 5 heteroatoms. The van der Waals surface area contributed by atoms with Crippen molar-refractivity contribution >= 4 is 17.5 Å². The molecule has 0 atom stereocenters. The van der Waals surface area contributed by atoms with E-state index in [9.17, 15) is 0 Å². The zero-order chi connectivity index (χ0) is 18.2. The van der Waals surface area contributed by atoms with Gasteiger partial charge in [0.1, 0.15) is 11.6 Å². The van der Waals surface area contributed by atoms with E-state index in [1.807, 2.05) is 44.2 Å². The number of hydrogen-bond donors (Lipinski definition) is 2.